The Morgan fingerprint density at radius 1 is 1.40 bits per heavy atom. The number of aliphatic carboxylic acids is 1. The third kappa shape index (κ3) is 6.30. The van der Waals surface area contributed by atoms with Crippen molar-refractivity contribution in [2.45, 2.75) is 25.8 Å². The van der Waals surface area contributed by atoms with E-state index in [0.29, 0.717) is 6.54 Å². The predicted octanol–water partition coefficient (Wildman–Crippen LogP) is -0.976. The summed E-state index contributed by atoms with van der Waals surface area (Å²) in [5, 5.41) is 13.2. The summed E-state index contributed by atoms with van der Waals surface area (Å²) in [6.07, 6.45) is 0.315. The van der Waals surface area contributed by atoms with Gasteiger partial charge in [-0.05, 0) is 6.42 Å². The van der Waals surface area contributed by atoms with Crippen molar-refractivity contribution in [1.82, 2.24) is 10.6 Å². The maximum atomic E-state index is 11.1. The molecule has 7 nitrogen and oxygen atoms in total. The van der Waals surface area contributed by atoms with Crippen molar-refractivity contribution < 1.29 is 19.5 Å². The average molecular weight is 217 g/mol. The Hall–Kier alpha value is -1.79. The number of carbonyl (C=O) groups is 3. The number of amides is 3. The van der Waals surface area contributed by atoms with E-state index >= 15 is 0 Å². The SMILES string of the molecule is CCCNC(=O)N[C@@H](CC(N)=O)C(=O)O. The van der Waals surface area contributed by atoms with Crippen LogP contribution >= 0.6 is 0 Å². The van der Waals surface area contributed by atoms with Gasteiger partial charge in [-0.1, -0.05) is 6.92 Å². The number of primary amides is 1. The van der Waals surface area contributed by atoms with Crippen LogP contribution in [0.5, 0.6) is 0 Å². The Balaban J connectivity index is 4.10. The first-order chi connectivity index (χ1) is 6.97. The van der Waals surface area contributed by atoms with E-state index in [-0.39, 0.29) is 0 Å². The van der Waals surface area contributed by atoms with Crippen molar-refractivity contribution in [3.63, 3.8) is 0 Å². The third-order valence-corrected chi connectivity index (χ3v) is 1.54. The first kappa shape index (κ1) is 13.2. The van der Waals surface area contributed by atoms with Gasteiger partial charge in [0.15, 0.2) is 0 Å². The molecule has 0 saturated carbocycles. The second-order valence-electron chi connectivity index (χ2n) is 2.96. The van der Waals surface area contributed by atoms with Gasteiger partial charge in [0.2, 0.25) is 5.91 Å². The summed E-state index contributed by atoms with van der Waals surface area (Å²) in [7, 11) is 0. The zero-order valence-electron chi connectivity index (χ0n) is 8.45. The summed E-state index contributed by atoms with van der Waals surface area (Å²) in [5.74, 6) is -2.07. The molecule has 0 unspecified atom stereocenters. The van der Waals surface area contributed by atoms with Crippen LogP contribution in [-0.2, 0) is 9.59 Å². The van der Waals surface area contributed by atoms with E-state index in [1.807, 2.05) is 6.92 Å². The summed E-state index contributed by atoms with van der Waals surface area (Å²) in [6.45, 7) is 2.30. The molecule has 0 aliphatic rings. The molecule has 15 heavy (non-hydrogen) atoms. The van der Waals surface area contributed by atoms with Crippen molar-refractivity contribution in [3.05, 3.63) is 0 Å². The number of rotatable bonds is 6. The first-order valence-corrected chi connectivity index (χ1v) is 4.52. The van der Waals surface area contributed by atoms with Gasteiger partial charge in [0.1, 0.15) is 6.04 Å². The van der Waals surface area contributed by atoms with Crippen molar-refractivity contribution >= 4 is 17.9 Å². The summed E-state index contributed by atoms with van der Waals surface area (Å²) in [6, 6.07) is -1.90. The molecule has 0 bridgehead atoms. The second-order valence-corrected chi connectivity index (χ2v) is 2.96. The summed E-state index contributed by atoms with van der Waals surface area (Å²) >= 11 is 0. The van der Waals surface area contributed by atoms with Crippen LogP contribution in [0.4, 0.5) is 4.79 Å². The van der Waals surface area contributed by atoms with Crippen molar-refractivity contribution in [3.8, 4) is 0 Å². The molecule has 0 aromatic rings. The fourth-order valence-corrected chi connectivity index (χ4v) is 0.849. The highest BCUT2D eigenvalue weighted by molar-refractivity contribution is 5.87. The number of hydrogen-bond acceptors (Lipinski definition) is 3. The molecule has 0 radical (unpaired) electrons. The number of hydrogen-bond donors (Lipinski definition) is 4. The molecular formula is C8H15N3O4. The molecule has 0 fully saturated rings. The minimum atomic E-state index is -1.29. The highest BCUT2D eigenvalue weighted by atomic mass is 16.4. The lowest BCUT2D eigenvalue weighted by molar-refractivity contribution is -0.140. The lowest BCUT2D eigenvalue weighted by Gasteiger charge is -2.13. The monoisotopic (exact) mass is 217 g/mol. The Morgan fingerprint density at radius 3 is 2.40 bits per heavy atom. The Labute approximate surface area is 87.0 Å². The molecule has 86 valence electrons. The molecule has 0 spiro atoms. The largest absolute Gasteiger partial charge is 0.480 e. The molecule has 0 aliphatic heterocycles. The maximum Gasteiger partial charge on any atom is 0.326 e. The van der Waals surface area contributed by atoms with E-state index < -0.39 is 30.4 Å². The lowest BCUT2D eigenvalue weighted by Crippen LogP contribution is -2.47. The van der Waals surface area contributed by atoms with Crippen LogP contribution in [0, 0.1) is 0 Å². The van der Waals surface area contributed by atoms with Crippen LogP contribution in [0.2, 0.25) is 0 Å². The molecule has 0 aliphatic carbocycles. The van der Waals surface area contributed by atoms with Crippen molar-refractivity contribution in [2.75, 3.05) is 6.54 Å². The Bertz CT molecular complexity index is 254. The van der Waals surface area contributed by atoms with Crippen LogP contribution in [-0.4, -0.2) is 35.6 Å². The minimum Gasteiger partial charge on any atom is -0.480 e. The van der Waals surface area contributed by atoms with Gasteiger partial charge in [-0.3, -0.25) is 4.79 Å². The van der Waals surface area contributed by atoms with Gasteiger partial charge < -0.3 is 21.5 Å². The van der Waals surface area contributed by atoms with E-state index in [4.69, 9.17) is 10.8 Å². The summed E-state index contributed by atoms with van der Waals surface area (Å²) < 4.78 is 0. The van der Waals surface area contributed by atoms with Gasteiger partial charge in [0.05, 0.1) is 6.42 Å². The van der Waals surface area contributed by atoms with Crippen LogP contribution in [0.3, 0.4) is 0 Å². The van der Waals surface area contributed by atoms with Crippen LogP contribution in [0.15, 0.2) is 0 Å². The molecule has 0 aromatic carbocycles. The van der Waals surface area contributed by atoms with Crippen molar-refractivity contribution in [1.29, 1.82) is 0 Å². The maximum absolute atomic E-state index is 11.1. The average Bonchev–Trinajstić information content (AvgIpc) is 2.12. The van der Waals surface area contributed by atoms with Crippen molar-refractivity contribution in [2.24, 2.45) is 5.73 Å². The number of nitrogens with one attached hydrogen (secondary N) is 2. The number of carboxylic acids is 1. The van der Waals surface area contributed by atoms with E-state index in [2.05, 4.69) is 10.6 Å². The molecule has 0 saturated heterocycles. The zero-order valence-corrected chi connectivity index (χ0v) is 8.45. The number of carbonyl (C=O) groups excluding carboxylic acids is 2. The highest BCUT2D eigenvalue weighted by Crippen LogP contribution is 1.91. The minimum absolute atomic E-state index is 0.422. The normalized spacial score (nSPS) is 11.5. The van der Waals surface area contributed by atoms with Crippen LogP contribution in [0.1, 0.15) is 19.8 Å². The smallest absolute Gasteiger partial charge is 0.326 e. The summed E-state index contributed by atoms with van der Waals surface area (Å²) in [5.41, 5.74) is 4.83. The number of nitrogens with two attached hydrogens (primary N) is 1. The van der Waals surface area contributed by atoms with Gasteiger partial charge in [0.25, 0.3) is 0 Å². The standard InChI is InChI=1S/C8H15N3O4/c1-2-3-10-8(15)11-5(7(13)14)4-6(9)12/h5H,2-4H2,1H3,(H2,9,12)(H,13,14)(H2,10,11,15)/t5-/m0/s1. The first-order valence-electron chi connectivity index (χ1n) is 4.52. The fourth-order valence-electron chi connectivity index (χ4n) is 0.849. The van der Waals surface area contributed by atoms with Gasteiger partial charge in [-0.25, -0.2) is 9.59 Å². The van der Waals surface area contributed by atoms with Gasteiger partial charge in [-0.2, -0.15) is 0 Å². The van der Waals surface area contributed by atoms with Gasteiger partial charge in [0, 0.05) is 6.54 Å². The topological polar surface area (TPSA) is 122 Å². The summed E-state index contributed by atoms with van der Waals surface area (Å²) in [4.78, 5) is 32.2. The van der Waals surface area contributed by atoms with E-state index in [1.54, 1.807) is 0 Å². The van der Waals surface area contributed by atoms with Gasteiger partial charge in [-0.15, -0.1) is 0 Å². The zero-order chi connectivity index (χ0) is 11.8. The molecule has 0 aromatic heterocycles. The van der Waals surface area contributed by atoms with E-state index in [9.17, 15) is 14.4 Å². The number of carboxylic acid groups (broad SMARTS) is 1. The third-order valence-electron chi connectivity index (χ3n) is 1.54. The second kappa shape index (κ2) is 6.63. The fraction of sp³-hybridized carbons (Fsp3) is 0.625. The molecule has 3 amide bonds. The Kier molecular flexibility index (Phi) is 5.84. The quantitative estimate of drug-likeness (QED) is 0.457. The highest BCUT2D eigenvalue weighted by Gasteiger charge is 2.21. The molecule has 7 heteroatoms. The van der Waals surface area contributed by atoms with Crippen LogP contribution < -0.4 is 16.4 Å². The van der Waals surface area contributed by atoms with E-state index in [1.165, 1.54) is 0 Å². The van der Waals surface area contributed by atoms with E-state index in [0.717, 1.165) is 6.42 Å². The van der Waals surface area contributed by atoms with Crippen LogP contribution in [0.25, 0.3) is 0 Å². The molecule has 1 atom stereocenters. The Morgan fingerprint density at radius 2 is 2.00 bits per heavy atom. The molecular weight excluding hydrogens is 202 g/mol. The predicted molar refractivity (Wildman–Crippen MR) is 52.1 cm³/mol. The number of urea groups is 1. The molecule has 0 rings (SSSR count). The molecule has 0 heterocycles. The molecule has 5 N–H and O–H groups in total. The van der Waals surface area contributed by atoms with Gasteiger partial charge >= 0.3 is 12.0 Å². The lowest BCUT2D eigenvalue weighted by atomic mass is 10.2.